The molecular weight excluding hydrogens is 160 g/mol. The van der Waals surface area contributed by atoms with Crippen molar-refractivity contribution in [2.75, 3.05) is 13.1 Å². The van der Waals surface area contributed by atoms with E-state index in [0.717, 1.165) is 24.7 Å². The summed E-state index contributed by atoms with van der Waals surface area (Å²) in [7, 11) is 0. The molecule has 4 heteroatoms. The van der Waals surface area contributed by atoms with Gasteiger partial charge in [-0.15, -0.1) is 0 Å². The van der Waals surface area contributed by atoms with Gasteiger partial charge in [-0.1, -0.05) is 11.3 Å². The highest BCUT2D eigenvalue weighted by Crippen LogP contribution is 2.17. The van der Waals surface area contributed by atoms with Gasteiger partial charge in [-0.3, -0.25) is 0 Å². The van der Waals surface area contributed by atoms with Crippen LogP contribution >= 0.6 is 11.3 Å². The van der Waals surface area contributed by atoms with Crippen molar-refractivity contribution in [2.45, 2.75) is 12.5 Å². The number of hydrogen-bond acceptors (Lipinski definition) is 4. The van der Waals surface area contributed by atoms with Crippen LogP contribution in [0.1, 0.15) is 6.42 Å². The van der Waals surface area contributed by atoms with Crippen LogP contribution in [0.15, 0.2) is 11.6 Å². The lowest BCUT2D eigenvalue weighted by molar-refractivity contribution is 0.222. The minimum absolute atomic E-state index is 0.334. The van der Waals surface area contributed by atoms with E-state index in [2.05, 4.69) is 10.3 Å². The minimum atomic E-state index is 0.334. The van der Waals surface area contributed by atoms with E-state index in [4.69, 9.17) is 4.74 Å². The average Bonchev–Trinajstić information content (AvgIpc) is 2.60. The first-order chi connectivity index (χ1) is 5.45. The highest BCUT2D eigenvalue weighted by atomic mass is 32.1. The number of hydrogen-bond donors (Lipinski definition) is 1. The molecule has 1 aliphatic heterocycles. The van der Waals surface area contributed by atoms with E-state index in [1.165, 1.54) is 0 Å². The Bertz CT molecular complexity index is 206. The fraction of sp³-hybridized carbons (Fsp3) is 0.571. The van der Waals surface area contributed by atoms with Crippen molar-refractivity contribution in [2.24, 2.45) is 0 Å². The Morgan fingerprint density at radius 1 is 1.73 bits per heavy atom. The van der Waals surface area contributed by atoms with Crippen LogP contribution < -0.4 is 10.1 Å². The van der Waals surface area contributed by atoms with Crippen molar-refractivity contribution in [3.05, 3.63) is 11.6 Å². The van der Waals surface area contributed by atoms with E-state index in [1.807, 2.05) is 5.38 Å². The Labute approximate surface area is 69.4 Å². The molecule has 2 heterocycles. The monoisotopic (exact) mass is 170 g/mol. The molecule has 0 spiro atoms. The molecule has 0 aliphatic carbocycles. The lowest BCUT2D eigenvalue weighted by Crippen LogP contribution is -2.19. The number of ether oxygens (including phenoxy) is 1. The smallest absolute Gasteiger partial charge is 0.273 e. The standard InChI is InChI=1S/C7H10N2OS/c1-2-8-5-6(1)10-7-9-3-4-11-7/h3-4,6,8H,1-2,5H2/t6-/m0/s1. The summed E-state index contributed by atoms with van der Waals surface area (Å²) in [5.41, 5.74) is 0. The molecule has 1 saturated heterocycles. The first-order valence-electron chi connectivity index (χ1n) is 3.72. The molecule has 2 rings (SSSR count). The molecule has 0 unspecified atom stereocenters. The van der Waals surface area contributed by atoms with E-state index >= 15 is 0 Å². The number of nitrogens with zero attached hydrogens (tertiary/aromatic N) is 1. The van der Waals surface area contributed by atoms with Crippen LogP contribution in [0, 0.1) is 0 Å². The third kappa shape index (κ3) is 1.70. The molecule has 60 valence electrons. The molecular formula is C7H10N2OS. The van der Waals surface area contributed by atoms with Gasteiger partial charge in [0.2, 0.25) is 0 Å². The summed E-state index contributed by atoms with van der Waals surface area (Å²) >= 11 is 1.55. The maximum atomic E-state index is 5.56. The maximum absolute atomic E-state index is 5.56. The SMILES string of the molecule is c1csc(O[C@H]2CCNC2)n1. The molecule has 1 aliphatic rings. The lowest BCUT2D eigenvalue weighted by atomic mass is 10.3. The summed E-state index contributed by atoms with van der Waals surface area (Å²) in [5.74, 6) is 0. The Morgan fingerprint density at radius 2 is 2.73 bits per heavy atom. The van der Waals surface area contributed by atoms with Crippen LogP contribution in [-0.4, -0.2) is 24.2 Å². The summed E-state index contributed by atoms with van der Waals surface area (Å²) in [4.78, 5) is 4.05. The maximum Gasteiger partial charge on any atom is 0.273 e. The number of thiazole rings is 1. The van der Waals surface area contributed by atoms with Crippen LogP contribution in [0.5, 0.6) is 5.19 Å². The molecule has 1 fully saturated rings. The van der Waals surface area contributed by atoms with Crippen molar-refractivity contribution in [3.63, 3.8) is 0 Å². The van der Waals surface area contributed by atoms with Crippen molar-refractivity contribution in [1.82, 2.24) is 10.3 Å². The van der Waals surface area contributed by atoms with Crippen molar-refractivity contribution in [1.29, 1.82) is 0 Å². The van der Waals surface area contributed by atoms with Gasteiger partial charge < -0.3 is 10.1 Å². The third-order valence-corrected chi connectivity index (χ3v) is 2.35. The molecule has 0 saturated carbocycles. The molecule has 11 heavy (non-hydrogen) atoms. The first kappa shape index (κ1) is 7.06. The lowest BCUT2D eigenvalue weighted by Gasteiger charge is -2.07. The number of aromatic nitrogens is 1. The molecule has 0 amide bonds. The Kier molecular flexibility index (Phi) is 2.05. The van der Waals surface area contributed by atoms with Crippen LogP contribution in [0.25, 0.3) is 0 Å². The third-order valence-electron chi connectivity index (χ3n) is 1.69. The molecule has 1 aromatic heterocycles. The van der Waals surface area contributed by atoms with Crippen LogP contribution in [0.3, 0.4) is 0 Å². The Balaban J connectivity index is 1.90. The second kappa shape index (κ2) is 3.19. The Hall–Kier alpha value is -0.610. The number of rotatable bonds is 2. The predicted octanol–water partition coefficient (Wildman–Crippen LogP) is 0.884. The molecule has 3 nitrogen and oxygen atoms in total. The summed E-state index contributed by atoms with van der Waals surface area (Å²) in [5, 5.41) is 5.96. The molecule has 1 aromatic rings. The highest BCUT2D eigenvalue weighted by Gasteiger charge is 2.16. The van der Waals surface area contributed by atoms with Gasteiger partial charge in [-0.25, -0.2) is 4.98 Å². The van der Waals surface area contributed by atoms with E-state index in [0.29, 0.717) is 6.10 Å². The van der Waals surface area contributed by atoms with E-state index in [9.17, 15) is 0 Å². The molecule has 0 radical (unpaired) electrons. The van der Waals surface area contributed by atoms with Crippen molar-refractivity contribution < 1.29 is 4.74 Å². The van der Waals surface area contributed by atoms with E-state index < -0.39 is 0 Å². The van der Waals surface area contributed by atoms with Gasteiger partial charge in [0.05, 0.1) is 0 Å². The molecule has 0 bridgehead atoms. The van der Waals surface area contributed by atoms with Crippen LogP contribution in [0.2, 0.25) is 0 Å². The van der Waals surface area contributed by atoms with Crippen LogP contribution in [0.4, 0.5) is 0 Å². The zero-order valence-corrected chi connectivity index (χ0v) is 6.93. The highest BCUT2D eigenvalue weighted by molar-refractivity contribution is 7.11. The first-order valence-corrected chi connectivity index (χ1v) is 4.60. The largest absolute Gasteiger partial charge is 0.465 e. The average molecular weight is 170 g/mol. The van der Waals surface area contributed by atoms with Gasteiger partial charge in [-0.05, 0) is 13.0 Å². The van der Waals surface area contributed by atoms with Gasteiger partial charge in [0.1, 0.15) is 6.10 Å². The summed E-state index contributed by atoms with van der Waals surface area (Å²) in [6, 6.07) is 0. The van der Waals surface area contributed by atoms with Crippen molar-refractivity contribution in [3.8, 4) is 5.19 Å². The Morgan fingerprint density at radius 3 is 3.36 bits per heavy atom. The zero-order chi connectivity index (χ0) is 7.52. The van der Waals surface area contributed by atoms with Gasteiger partial charge in [0, 0.05) is 18.1 Å². The molecule has 1 atom stereocenters. The van der Waals surface area contributed by atoms with Crippen LogP contribution in [-0.2, 0) is 0 Å². The van der Waals surface area contributed by atoms with Crippen molar-refractivity contribution >= 4 is 11.3 Å². The van der Waals surface area contributed by atoms with Gasteiger partial charge in [-0.2, -0.15) is 0 Å². The topological polar surface area (TPSA) is 34.1 Å². The van der Waals surface area contributed by atoms with Gasteiger partial charge in [0.25, 0.3) is 5.19 Å². The minimum Gasteiger partial charge on any atom is -0.465 e. The summed E-state index contributed by atoms with van der Waals surface area (Å²) in [6.45, 7) is 2.02. The molecule has 1 N–H and O–H groups in total. The second-order valence-corrected chi connectivity index (χ2v) is 3.39. The normalized spacial score (nSPS) is 23.8. The zero-order valence-electron chi connectivity index (χ0n) is 6.12. The molecule has 0 aromatic carbocycles. The summed E-state index contributed by atoms with van der Waals surface area (Å²) in [6.07, 6.45) is 3.20. The van der Waals surface area contributed by atoms with E-state index in [1.54, 1.807) is 17.5 Å². The quantitative estimate of drug-likeness (QED) is 0.715. The second-order valence-electron chi connectivity index (χ2n) is 2.53. The van der Waals surface area contributed by atoms with Gasteiger partial charge in [0.15, 0.2) is 0 Å². The number of nitrogens with one attached hydrogen (secondary N) is 1. The van der Waals surface area contributed by atoms with Gasteiger partial charge >= 0.3 is 0 Å². The fourth-order valence-electron chi connectivity index (χ4n) is 1.14. The summed E-state index contributed by atoms with van der Waals surface area (Å²) < 4.78 is 5.56. The van der Waals surface area contributed by atoms with E-state index in [-0.39, 0.29) is 0 Å². The predicted molar refractivity (Wildman–Crippen MR) is 44.0 cm³/mol. The fourth-order valence-corrected chi connectivity index (χ4v) is 1.69.